The number of hydrogen-bond acceptors (Lipinski definition) is 3. The number of carbonyl (C=O) groups excluding carboxylic acids is 1. The fourth-order valence-electron chi connectivity index (χ4n) is 2.14. The van der Waals surface area contributed by atoms with Gasteiger partial charge in [0.1, 0.15) is 5.75 Å². The van der Waals surface area contributed by atoms with E-state index in [4.69, 9.17) is 16.3 Å². The summed E-state index contributed by atoms with van der Waals surface area (Å²) in [7, 11) is 0. The molecule has 0 aromatic heterocycles. The van der Waals surface area contributed by atoms with Crippen LogP contribution in [-0.2, 0) is 4.79 Å². The molecule has 0 spiro atoms. The molecule has 25 heavy (non-hydrogen) atoms. The van der Waals surface area contributed by atoms with Crippen molar-refractivity contribution in [2.24, 2.45) is 0 Å². The minimum absolute atomic E-state index is 0.0635. The van der Waals surface area contributed by atoms with Crippen LogP contribution in [0.25, 0.3) is 0 Å². The monoisotopic (exact) mass is 369 g/mol. The molecule has 5 heteroatoms. The smallest absolute Gasteiger partial charge is 0.262 e. The number of hydrogen-bond donors (Lipinski definition) is 1. The van der Waals surface area contributed by atoms with E-state index in [9.17, 15) is 4.79 Å². The third kappa shape index (κ3) is 5.28. The number of halogens is 1. The largest absolute Gasteiger partial charge is 0.484 e. The number of benzene rings is 3. The first kappa shape index (κ1) is 17.4. The Kier molecular flexibility index (Phi) is 5.99. The van der Waals surface area contributed by atoms with Crippen LogP contribution in [0.2, 0.25) is 5.02 Å². The van der Waals surface area contributed by atoms with Gasteiger partial charge in [-0.05, 0) is 48.5 Å². The molecule has 126 valence electrons. The zero-order valence-electron chi connectivity index (χ0n) is 13.3. The van der Waals surface area contributed by atoms with Gasteiger partial charge in [-0.2, -0.15) is 0 Å². The highest BCUT2D eigenvalue weighted by Crippen LogP contribution is 2.33. The van der Waals surface area contributed by atoms with Gasteiger partial charge in [0.25, 0.3) is 5.91 Å². The van der Waals surface area contributed by atoms with Crippen LogP contribution in [0.15, 0.2) is 88.7 Å². The molecular formula is C20H16ClNO2S. The molecule has 3 aromatic rings. The Morgan fingerprint density at radius 3 is 2.36 bits per heavy atom. The van der Waals surface area contributed by atoms with E-state index in [2.05, 4.69) is 5.32 Å². The Hall–Kier alpha value is -2.43. The van der Waals surface area contributed by atoms with Crippen molar-refractivity contribution in [1.29, 1.82) is 0 Å². The van der Waals surface area contributed by atoms with Crippen LogP contribution in [0.4, 0.5) is 5.69 Å². The van der Waals surface area contributed by atoms with Gasteiger partial charge in [0, 0.05) is 14.8 Å². The van der Waals surface area contributed by atoms with Gasteiger partial charge in [0.15, 0.2) is 6.61 Å². The summed E-state index contributed by atoms with van der Waals surface area (Å²) in [5, 5.41) is 3.53. The highest BCUT2D eigenvalue weighted by Gasteiger charge is 2.08. The van der Waals surface area contributed by atoms with Crippen molar-refractivity contribution >= 4 is 35.0 Å². The molecule has 0 heterocycles. The van der Waals surface area contributed by atoms with Crippen LogP contribution in [0.5, 0.6) is 5.75 Å². The fraction of sp³-hybridized carbons (Fsp3) is 0.0500. The SMILES string of the molecule is O=C(COc1ccc(Cl)cc1)Nc1ccccc1Sc1ccccc1. The van der Waals surface area contributed by atoms with Gasteiger partial charge in [-0.15, -0.1) is 0 Å². The predicted molar refractivity (Wildman–Crippen MR) is 103 cm³/mol. The van der Waals surface area contributed by atoms with Gasteiger partial charge >= 0.3 is 0 Å². The minimum atomic E-state index is -0.212. The standard InChI is InChI=1S/C20H16ClNO2S/c21-15-10-12-16(13-11-15)24-14-20(23)22-18-8-4-5-9-19(18)25-17-6-2-1-3-7-17/h1-13H,14H2,(H,22,23). The van der Waals surface area contributed by atoms with Crippen molar-refractivity contribution in [3.05, 3.63) is 83.9 Å². The maximum atomic E-state index is 12.2. The first-order chi connectivity index (χ1) is 12.2. The summed E-state index contributed by atoms with van der Waals surface area (Å²) in [4.78, 5) is 14.3. The number of nitrogens with one attached hydrogen (secondary N) is 1. The maximum absolute atomic E-state index is 12.2. The Labute approximate surface area is 156 Å². The summed E-state index contributed by atoms with van der Waals surface area (Å²) in [5.41, 5.74) is 0.765. The van der Waals surface area contributed by atoms with Crippen LogP contribution >= 0.6 is 23.4 Å². The zero-order valence-corrected chi connectivity index (χ0v) is 14.9. The molecule has 1 N–H and O–H groups in total. The van der Waals surface area contributed by atoms with E-state index in [0.717, 1.165) is 15.5 Å². The molecule has 0 aliphatic heterocycles. The Morgan fingerprint density at radius 2 is 1.60 bits per heavy atom. The van der Waals surface area contributed by atoms with Crippen LogP contribution in [-0.4, -0.2) is 12.5 Å². The normalized spacial score (nSPS) is 10.3. The molecule has 3 rings (SSSR count). The second-order valence-corrected chi connectivity index (χ2v) is 6.75. The van der Waals surface area contributed by atoms with E-state index >= 15 is 0 Å². The van der Waals surface area contributed by atoms with E-state index < -0.39 is 0 Å². The van der Waals surface area contributed by atoms with Crippen molar-refractivity contribution in [3.8, 4) is 5.75 Å². The van der Waals surface area contributed by atoms with Crippen molar-refractivity contribution in [1.82, 2.24) is 0 Å². The molecule has 0 saturated carbocycles. The Balaban J connectivity index is 1.62. The van der Waals surface area contributed by atoms with E-state index in [0.29, 0.717) is 10.8 Å². The number of para-hydroxylation sites is 1. The molecule has 0 radical (unpaired) electrons. The maximum Gasteiger partial charge on any atom is 0.262 e. The first-order valence-corrected chi connectivity index (χ1v) is 8.90. The molecule has 3 aromatic carbocycles. The Bertz CT molecular complexity index is 838. The van der Waals surface area contributed by atoms with Gasteiger partial charge in [-0.1, -0.05) is 53.7 Å². The van der Waals surface area contributed by atoms with E-state index in [1.165, 1.54) is 0 Å². The van der Waals surface area contributed by atoms with Crippen LogP contribution in [0.3, 0.4) is 0 Å². The Morgan fingerprint density at radius 1 is 0.920 bits per heavy atom. The molecule has 0 bridgehead atoms. The van der Waals surface area contributed by atoms with E-state index in [1.807, 2.05) is 54.6 Å². The topological polar surface area (TPSA) is 38.3 Å². The van der Waals surface area contributed by atoms with Crippen LogP contribution in [0, 0.1) is 0 Å². The predicted octanol–water partition coefficient (Wildman–Crippen LogP) is 5.51. The van der Waals surface area contributed by atoms with E-state index in [-0.39, 0.29) is 12.5 Å². The zero-order chi connectivity index (χ0) is 17.5. The number of anilines is 1. The fourth-order valence-corrected chi connectivity index (χ4v) is 3.19. The lowest BCUT2D eigenvalue weighted by Crippen LogP contribution is -2.20. The summed E-state index contributed by atoms with van der Waals surface area (Å²) in [6.07, 6.45) is 0. The van der Waals surface area contributed by atoms with Gasteiger partial charge in [0.2, 0.25) is 0 Å². The van der Waals surface area contributed by atoms with Gasteiger partial charge < -0.3 is 10.1 Å². The average molecular weight is 370 g/mol. The summed E-state index contributed by atoms with van der Waals surface area (Å²) < 4.78 is 5.48. The highest BCUT2D eigenvalue weighted by molar-refractivity contribution is 7.99. The molecular weight excluding hydrogens is 354 g/mol. The molecule has 3 nitrogen and oxygen atoms in total. The lowest BCUT2D eigenvalue weighted by Gasteiger charge is -2.11. The van der Waals surface area contributed by atoms with Crippen LogP contribution in [0.1, 0.15) is 0 Å². The lowest BCUT2D eigenvalue weighted by molar-refractivity contribution is -0.118. The summed E-state index contributed by atoms with van der Waals surface area (Å²) in [6.45, 7) is -0.0635. The first-order valence-electron chi connectivity index (χ1n) is 7.71. The van der Waals surface area contributed by atoms with E-state index in [1.54, 1.807) is 36.0 Å². The van der Waals surface area contributed by atoms with Crippen molar-refractivity contribution in [2.75, 3.05) is 11.9 Å². The summed E-state index contributed by atoms with van der Waals surface area (Å²) in [6, 6.07) is 24.6. The number of ether oxygens (including phenoxy) is 1. The van der Waals surface area contributed by atoms with Crippen molar-refractivity contribution < 1.29 is 9.53 Å². The van der Waals surface area contributed by atoms with Crippen molar-refractivity contribution in [3.63, 3.8) is 0 Å². The third-order valence-electron chi connectivity index (χ3n) is 3.32. The average Bonchev–Trinajstić information content (AvgIpc) is 2.64. The lowest BCUT2D eigenvalue weighted by atomic mass is 10.3. The summed E-state index contributed by atoms with van der Waals surface area (Å²) >= 11 is 7.43. The second-order valence-electron chi connectivity index (χ2n) is 5.20. The highest BCUT2D eigenvalue weighted by atomic mass is 35.5. The molecule has 0 atom stereocenters. The van der Waals surface area contributed by atoms with Crippen LogP contribution < -0.4 is 10.1 Å². The third-order valence-corrected chi connectivity index (χ3v) is 4.65. The quantitative estimate of drug-likeness (QED) is 0.622. The van der Waals surface area contributed by atoms with Gasteiger partial charge in [-0.3, -0.25) is 4.79 Å². The van der Waals surface area contributed by atoms with Crippen molar-refractivity contribution in [2.45, 2.75) is 9.79 Å². The number of amides is 1. The molecule has 0 fully saturated rings. The molecule has 1 amide bonds. The second kappa shape index (κ2) is 8.60. The summed E-state index contributed by atoms with van der Waals surface area (Å²) in [5.74, 6) is 0.391. The number of carbonyl (C=O) groups is 1. The number of rotatable bonds is 6. The minimum Gasteiger partial charge on any atom is -0.484 e. The molecule has 0 saturated heterocycles. The molecule has 0 aliphatic rings. The van der Waals surface area contributed by atoms with Gasteiger partial charge in [0.05, 0.1) is 5.69 Å². The van der Waals surface area contributed by atoms with Gasteiger partial charge in [-0.25, -0.2) is 0 Å². The molecule has 0 unspecified atom stereocenters. The molecule has 0 aliphatic carbocycles.